The Morgan fingerprint density at radius 2 is 1.90 bits per heavy atom. The van der Waals surface area contributed by atoms with E-state index in [-0.39, 0.29) is 23.9 Å². The minimum Gasteiger partial charge on any atom is -0.491 e. The minimum atomic E-state index is -3.68. The van der Waals surface area contributed by atoms with E-state index < -0.39 is 10.0 Å². The number of nitrogens with one attached hydrogen (secondary N) is 1. The summed E-state index contributed by atoms with van der Waals surface area (Å²) >= 11 is 0. The quantitative estimate of drug-likeness (QED) is 0.845. The molecule has 0 saturated carbocycles. The highest BCUT2D eigenvalue weighted by molar-refractivity contribution is 7.92. The van der Waals surface area contributed by atoms with Crippen molar-refractivity contribution >= 4 is 15.8 Å². The van der Waals surface area contributed by atoms with Crippen molar-refractivity contribution in [3.63, 3.8) is 0 Å². The van der Waals surface area contributed by atoms with Gasteiger partial charge in [-0.25, -0.2) is 13.4 Å². The molecule has 0 fully saturated rings. The molecule has 21 heavy (non-hydrogen) atoms. The lowest BCUT2D eigenvalue weighted by atomic mass is 10.3. The molecule has 2 aromatic rings. The molecule has 0 amide bonds. The lowest BCUT2D eigenvalue weighted by molar-refractivity contribution is 0.201. The van der Waals surface area contributed by atoms with E-state index in [4.69, 9.17) is 9.84 Å². The molecule has 2 N–H and O–H groups in total. The van der Waals surface area contributed by atoms with Gasteiger partial charge in [-0.3, -0.25) is 4.72 Å². The van der Waals surface area contributed by atoms with Crippen molar-refractivity contribution in [3.05, 3.63) is 48.2 Å². The van der Waals surface area contributed by atoms with Gasteiger partial charge in [-0.1, -0.05) is 6.07 Å². The first kappa shape index (κ1) is 15.3. The SMILES string of the molecule is Cc1cccc(NS(=O)(=O)c2ccc(OCCO)cc2)n1. The number of aryl methyl sites for hydroxylation is 1. The Morgan fingerprint density at radius 1 is 1.19 bits per heavy atom. The van der Waals surface area contributed by atoms with Crippen LogP contribution in [0.3, 0.4) is 0 Å². The topological polar surface area (TPSA) is 88.5 Å². The van der Waals surface area contributed by atoms with Gasteiger partial charge in [0.05, 0.1) is 11.5 Å². The predicted molar refractivity (Wildman–Crippen MR) is 78.8 cm³/mol. The van der Waals surface area contributed by atoms with Crippen molar-refractivity contribution in [2.75, 3.05) is 17.9 Å². The van der Waals surface area contributed by atoms with Crippen LogP contribution < -0.4 is 9.46 Å². The molecule has 112 valence electrons. The zero-order valence-electron chi connectivity index (χ0n) is 11.5. The number of aliphatic hydroxyl groups is 1. The standard InChI is InChI=1S/C14H16N2O4S/c1-11-3-2-4-14(15-11)16-21(18,19)13-7-5-12(6-8-13)20-10-9-17/h2-8,17H,9-10H2,1H3,(H,15,16). The molecule has 0 spiro atoms. The third kappa shape index (κ3) is 4.17. The molecule has 0 unspecified atom stereocenters. The third-order valence-electron chi connectivity index (χ3n) is 2.62. The molecule has 0 aliphatic heterocycles. The predicted octanol–water partition coefficient (Wildman–Crippen LogP) is 1.56. The van der Waals surface area contributed by atoms with Crippen LogP contribution in [0.5, 0.6) is 5.75 Å². The number of pyridine rings is 1. The molecular formula is C14H16N2O4S. The summed E-state index contributed by atoms with van der Waals surface area (Å²) in [6.07, 6.45) is 0. The van der Waals surface area contributed by atoms with E-state index in [1.807, 2.05) is 0 Å². The average Bonchev–Trinajstić information content (AvgIpc) is 2.45. The molecule has 0 saturated heterocycles. The number of ether oxygens (including phenoxy) is 1. The number of rotatable bonds is 6. The van der Waals surface area contributed by atoms with Gasteiger partial charge in [0, 0.05) is 5.69 Å². The summed E-state index contributed by atoms with van der Waals surface area (Å²) in [5, 5.41) is 8.66. The van der Waals surface area contributed by atoms with Gasteiger partial charge in [0.25, 0.3) is 10.0 Å². The number of nitrogens with zero attached hydrogens (tertiary/aromatic N) is 1. The smallest absolute Gasteiger partial charge is 0.263 e. The van der Waals surface area contributed by atoms with Crippen LogP contribution in [0.4, 0.5) is 5.82 Å². The van der Waals surface area contributed by atoms with Gasteiger partial charge >= 0.3 is 0 Å². The molecule has 1 aromatic heterocycles. The molecular weight excluding hydrogens is 292 g/mol. The number of benzene rings is 1. The number of hydrogen-bond donors (Lipinski definition) is 2. The van der Waals surface area contributed by atoms with Crippen molar-refractivity contribution in [3.8, 4) is 5.75 Å². The molecule has 0 radical (unpaired) electrons. The van der Waals surface area contributed by atoms with E-state index >= 15 is 0 Å². The lowest BCUT2D eigenvalue weighted by Crippen LogP contribution is -2.14. The van der Waals surface area contributed by atoms with Crippen molar-refractivity contribution in [1.82, 2.24) is 4.98 Å². The van der Waals surface area contributed by atoms with Crippen LogP contribution >= 0.6 is 0 Å². The maximum Gasteiger partial charge on any atom is 0.263 e. The Kier molecular flexibility index (Phi) is 4.77. The van der Waals surface area contributed by atoms with E-state index in [2.05, 4.69) is 9.71 Å². The van der Waals surface area contributed by atoms with Gasteiger partial charge in [0.15, 0.2) is 0 Å². The molecule has 2 rings (SSSR count). The molecule has 1 aromatic carbocycles. The van der Waals surface area contributed by atoms with Crippen LogP contribution in [0.25, 0.3) is 0 Å². The van der Waals surface area contributed by atoms with Crippen molar-refractivity contribution in [2.24, 2.45) is 0 Å². The second-order valence-corrected chi connectivity index (χ2v) is 6.00. The molecule has 0 aliphatic rings. The second-order valence-electron chi connectivity index (χ2n) is 4.31. The fourth-order valence-electron chi connectivity index (χ4n) is 1.67. The zero-order chi connectivity index (χ0) is 15.3. The van der Waals surface area contributed by atoms with Gasteiger partial charge in [0.2, 0.25) is 0 Å². The number of anilines is 1. The summed E-state index contributed by atoms with van der Waals surface area (Å²) in [5.74, 6) is 0.771. The number of aliphatic hydroxyl groups excluding tert-OH is 1. The van der Waals surface area contributed by atoms with Crippen LogP contribution in [0.2, 0.25) is 0 Å². The number of sulfonamides is 1. The Balaban J connectivity index is 2.15. The highest BCUT2D eigenvalue weighted by Gasteiger charge is 2.14. The molecule has 0 bridgehead atoms. The van der Waals surface area contributed by atoms with Crippen LogP contribution in [0.15, 0.2) is 47.4 Å². The van der Waals surface area contributed by atoms with Gasteiger partial charge in [-0.2, -0.15) is 0 Å². The monoisotopic (exact) mass is 308 g/mol. The first-order valence-electron chi connectivity index (χ1n) is 6.31. The fraction of sp³-hybridized carbons (Fsp3) is 0.214. The van der Waals surface area contributed by atoms with Crippen LogP contribution in [0, 0.1) is 6.92 Å². The Bertz CT molecular complexity index is 699. The normalized spacial score (nSPS) is 11.1. The largest absolute Gasteiger partial charge is 0.491 e. The molecule has 6 nitrogen and oxygen atoms in total. The van der Waals surface area contributed by atoms with E-state index in [0.29, 0.717) is 5.75 Å². The van der Waals surface area contributed by atoms with E-state index in [1.165, 1.54) is 24.3 Å². The van der Waals surface area contributed by atoms with Gasteiger partial charge < -0.3 is 9.84 Å². The Hall–Kier alpha value is -2.12. The third-order valence-corrected chi connectivity index (χ3v) is 3.99. The summed E-state index contributed by atoms with van der Waals surface area (Å²) in [4.78, 5) is 4.21. The van der Waals surface area contributed by atoms with Gasteiger partial charge in [-0.05, 0) is 43.3 Å². The first-order chi connectivity index (χ1) is 10.0. The molecule has 0 aliphatic carbocycles. The summed E-state index contributed by atoms with van der Waals surface area (Å²) in [7, 11) is -3.68. The first-order valence-corrected chi connectivity index (χ1v) is 7.80. The summed E-state index contributed by atoms with van der Waals surface area (Å²) < 4.78 is 32.0. The van der Waals surface area contributed by atoms with E-state index in [0.717, 1.165) is 5.69 Å². The Labute approximate surface area is 123 Å². The van der Waals surface area contributed by atoms with Crippen molar-refractivity contribution in [1.29, 1.82) is 0 Å². The number of aromatic nitrogens is 1. The van der Waals surface area contributed by atoms with Crippen LogP contribution in [0.1, 0.15) is 5.69 Å². The second kappa shape index (κ2) is 6.55. The summed E-state index contributed by atoms with van der Waals surface area (Å²) in [6, 6.07) is 11.0. The van der Waals surface area contributed by atoms with Crippen LogP contribution in [-0.4, -0.2) is 31.7 Å². The highest BCUT2D eigenvalue weighted by Crippen LogP contribution is 2.18. The van der Waals surface area contributed by atoms with Gasteiger partial charge in [-0.15, -0.1) is 0 Å². The fourth-order valence-corrected chi connectivity index (χ4v) is 2.68. The summed E-state index contributed by atoms with van der Waals surface area (Å²) in [5.41, 5.74) is 0.725. The van der Waals surface area contributed by atoms with Gasteiger partial charge in [0.1, 0.15) is 18.2 Å². The van der Waals surface area contributed by atoms with Crippen molar-refractivity contribution in [2.45, 2.75) is 11.8 Å². The number of hydrogen-bond acceptors (Lipinski definition) is 5. The highest BCUT2D eigenvalue weighted by atomic mass is 32.2. The van der Waals surface area contributed by atoms with E-state index in [9.17, 15) is 8.42 Å². The molecule has 7 heteroatoms. The average molecular weight is 308 g/mol. The van der Waals surface area contributed by atoms with Crippen molar-refractivity contribution < 1.29 is 18.3 Å². The zero-order valence-corrected chi connectivity index (χ0v) is 12.3. The molecule has 0 atom stereocenters. The molecule has 1 heterocycles. The van der Waals surface area contributed by atoms with E-state index in [1.54, 1.807) is 25.1 Å². The maximum absolute atomic E-state index is 12.2. The Morgan fingerprint density at radius 3 is 2.52 bits per heavy atom. The van der Waals surface area contributed by atoms with Crippen LogP contribution in [-0.2, 0) is 10.0 Å². The summed E-state index contributed by atoms with van der Waals surface area (Å²) in [6.45, 7) is 1.85. The lowest BCUT2D eigenvalue weighted by Gasteiger charge is -2.09. The maximum atomic E-state index is 12.2. The minimum absolute atomic E-state index is 0.0966.